The second-order valence-electron chi connectivity index (χ2n) is 15.5. The van der Waals surface area contributed by atoms with E-state index < -0.39 is 0 Å². The van der Waals surface area contributed by atoms with E-state index in [0.717, 1.165) is 6.42 Å². The minimum absolute atomic E-state index is 0.128. The lowest BCUT2D eigenvalue weighted by Crippen LogP contribution is -2.74. The number of rotatable bonds is 2. The molecule has 0 fully saturated rings. The van der Waals surface area contributed by atoms with E-state index in [0.29, 0.717) is 0 Å². The van der Waals surface area contributed by atoms with Gasteiger partial charge < -0.3 is 4.40 Å². The third-order valence-corrected chi connectivity index (χ3v) is 14.3. The normalized spacial score (nSPS) is 19.8. The van der Waals surface area contributed by atoms with Gasteiger partial charge in [0.05, 0.1) is 27.7 Å². The van der Waals surface area contributed by atoms with Gasteiger partial charge in [0, 0.05) is 71.5 Å². The van der Waals surface area contributed by atoms with Gasteiger partial charge in [-0.05, 0) is 85.1 Å². The maximum absolute atomic E-state index is 4.61. The molecule has 0 N–H and O–H groups in total. The van der Waals surface area contributed by atoms with E-state index in [1.807, 2.05) is 11.3 Å². The van der Waals surface area contributed by atoms with Crippen molar-refractivity contribution in [1.82, 2.24) is 4.40 Å². The fraction of sp³-hybridized carbons (Fsp3) is 0.125. The lowest BCUT2D eigenvalue weighted by atomic mass is 9.63. The SMILES string of the molecule is C=CC12Cc3cccc([n+]31)-c1cc3c4c(C)cc(C)c5c6cc7c(cc6n(c3cc1C2C1c2ccccc2-c2cccc[n+]21)c45)sc1ccccc17. The summed E-state index contributed by atoms with van der Waals surface area (Å²) in [6, 6.07) is 44.2. The summed E-state index contributed by atoms with van der Waals surface area (Å²) < 4.78 is 10.5. The van der Waals surface area contributed by atoms with Gasteiger partial charge in [-0.2, -0.15) is 9.13 Å². The predicted molar refractivity (Wildman–Crippen MR) is 214 cm³/mol. The molecule has 8 heterocycles. The zero-order chi connectivity index (χ0) is 34.2. The minimum Gasteiger partial charge on any atom is -0.308 e. The molecule has 0 saturated heterocycles. The number of hydrogen-bond donors (Lipinski definition) is 0. The molecule has 244 valence electrons. The van der Waals surface area contributed by atoms with E-state index in [2.05, 4.69) is 161 Å². The molecule has 10 aromatic rings. The number of aryl methyl sites for hydroxylation is 2. The number of benzene rings is 5. The highest BCUT2D eigenvalue weighted by Crippen LogP contribution is 2.57. The Bertz CT molecular complexity index is 3240. The Hall–Kier alpha value is -5.84. The summed E-state index contributed by atoms with van der Waals surface area (Å²) in [5, 5.41) is 8.17. The predicted octanol–water partition coefficient (Wildman–Crippen LogP) is 10.9. The molecule has 3 aliphatic rings. The zero-order valence-electron chi connectivity index (χ0n) is 28.9. The Balaban J connectivity index is 1.20. The van der Waals surface area contributed by atoms with E-state index >= 15 is 0 Å². The summed E-state index contributed by atoms with van der Waals surface area (Å²) in [6.07, 6.45) is 5.56. The van der Waals surface area contributed by atoms with Crippen LogP contribution in [0.2, 0.25) is 0 Å². The lowest BCUT2D eigenvalue weighted by Gasteiger charge is -2.45. The van der Waals surface area contributed by atoms with Crippen LogP contribution < -0.4 is 9.13 Å². The first-order valence-electron chi connectivity index (χ1n) is 18.4. The molecule has 0 saturated carbocycles. The Kier molecular flexibility index (Phi) is 4.89. The number of hydrogen-bond acceptors (Lipinski definition) is 1. The van der Waals surface area contributed by atoms with Gasteiger partial charge in [0.1, 0.15) is 12.3 Å². The third kappa shape index (κ3) is 3.02. The van der Waals surface area contributed by atoms with Crippen molar-refractivity contribution in [1.29, 1.82) is 0 Å². The van der Waals surface area contributed by atoms with E-state index in [-0.39, 0.29) is 17.5 Å². The molecule has 5 aromatic heterocycles. The molecule has 3 aliphatic heterocycles. The van der Waals surface area contributed by atoms with Crippen molar-refractivity contribution in [3.05, 3.63) is 162 Å². The highest BCUT2D eigenvalue weighted by Gasteiger charge is 2.66. The smallest absolute Gasteiger partial charge is 0.213 e. The van der Waals surface area contributed by atoms with Crippen LogP contribution in [-0.4, -0.2) is 4.40 Å². The Morgan fingerprint density at radius 3 is 2.35 bits per heavy atom. The van der Waals surface area contributed by atoms with Crippen molar-refractivity contribution in [2.24, 2.45) is 0 Å². The maximum atomic E-state index is 4.61. The number of pyridine rings is 2. The summed E-state index contributed by atoms with van der Waals surface area (Å²) in [4.78, 5) is 0. The zero-order valence-corrected chi connectivity index (χ0v) is 29.8. The summed E-state index contributed by atoms with van der Waals surface area (Å²) >= 11 is 1.91. The maximum Gasteiger partial charge on any atom is 0.213 e. The van der Waals surface area contributed by atoms with E-state index in [9.17, 15) is 0 Å². The van der Waals surface area contributed by atoms with E-state index in [1.54, 1.807) is 0 Å². The highest BCUT2D eigenvalue weighted by atomic mass is 32.1. The molecule has 0 radical (unpaired) electrons. The summed E-state index contributed by atoms with van der Waals surface area (Å²) in [5.41, 5.74) is 15.9. The Morgan fingerprint density at radius 2 is 1.46 bits per heavy atom. The van der Waals surface area contributed by atoms with Gasteiger partial charge >= 0.3 is 0 Å². The topological polar surface area (TPSA) is 12.2 Å². The van der Waals surface area contributed by atoms with Crippen LogP contribution in [0.3, 0.4) is 0 Å². The van der Waals surface area contributed by atoms with Gasteiger partial charge in [-0.3, -0.25) is 0 Å². The molecule has 52 heavy (non-hydrogen) atoms. The van der Waals surface area contributed by atoms with Crippen molar-refractivity contribution in [2.45, 2.75) is 37.8 Å². The average Bonchev–Trinajstić information content (AvgIpc) is 3.88. The fourth-order valence-electron chi connectivity index (χ4n) is 11.2. The average molecular weight is 684 g/mol. The first-order valence-corrected chi connectivity index (χ1v) is 19.2. The number of allylic oxidation sites excluding steroid dienone is 1. The van der Waals surface area contributed by atoms with Crippen LogP contribution in [0.15, 0.2) is 134 Å². The number of thiophene rings is 1. The van der Waals surface area contributed by atoms with Gasteiger partial charge in [0.15, 0.2) is 17.9 Å². The summed E-state index contributed by atoms with van der Waals surface area (Å²) in [7, 11) is 0. The van der Waals surface area contributed by atoms with Crippen molar-refractivity contribution in [3.8, 4) is 22.5 Å². The van der Waals surface area contributed by atoms with Crippen LogP contribution in [0.5, 0.6) is 0 Å². The summed E-state index contributed by atoms with van der Waals surface area (Å²) in [5.74, 6) is 0.144. The summed E-state index contributed by atoms with van der Waals surface area (Å²) in [6.45, 7) is 9.22. The van der Waals surface area contributed by atoms with Crippen LogP contribution in [0, 0.1) is 13.8 Å². The van der Waals surface area contributed by atoms with Crippen LogP contribution >= 0.6 is 11.3 Å². The molecule has 4 heteroatoms. The molecule has 0 bridgehead atoms. The van der Waals surface area contributed by atoms with Gasteiger partial charge in [0.25, 0.3) is 0 Å². The Morgan fingerprint density at radius 1 is 0.692 bits per heavy atom. The molecule has 3 atom stereocenters. The monoisotopic (exact) mass is 683 g/mol. The molecule has 0 amide bonds. The van der Waals surface area contributed by atoms with Crippen molar-refractivity contribution in [2.75, 3.05) is 0 Å². The number of fused-ring (bicyclic) bond motifs is 14. The first-order chi connectivity index (χ1) is 25.6. The molecule has 0 aliphatic carbocycles. The van der Waals surface area contributed by atoms with Crippen molar-refractivity contribution >= 4 is 69.6 Å². The molecular formula is C48H33N3S+2. The van der Waals surface area contributed by atoms with E-state index in [4.69, 9.17) is 0 Å². The largest absolute Gasteiger partial charge is 0.308 e. The quantitative estimate of drug-likeness (QED) is 0.127. The first kappa shape index (κ1) is 27.8. The molecular weight excluding hydrogens is 651 g/mol. The molecule has 3 unspecified atom stereocenters. The second-order valence-corrected chi connectivity index (χ2v) is 16.6. The number of nitrogens with zero attached hydrogens (tertiary/aromatic N) is 3. The van der Waals surface area contributed by atoms with E-state index in [1.165, 1.54) is 109 Å². The van der Waals surface area contributed by atoms with Crippen LogP contribution in [-0.2, 0) is 12.0 Å². The van der Waals surface area contributed by atoms with Crippen molar-refractivity contribution < 1.29 is 9.13 Å². The minimum atomic E-state index is -0.245. The molecule has 5 aromatic carbocycles. The van der Waals surface area contributed by atoms with Gasteiger partial charge in [-0.1, -0.05) is 49.0 Å². The van der Waals surface area contributed by atoms with Crippen LogP contribution in [0.4, 0.5) is 0 Å². The van der Waals surface area contributed by atoms with Gasteiger partial charge in [-0.15, -0.1) is 11.3 Å². The Labute approximate surface area is 304 Å². The van der Waals surface area contributed by atoms with Crippen molar-refractivity contribution in [3.63, 3.8) is 0 Å². The molecule has 0 spiro atoms. The second kappa shape index (κ2) is 9.14. The fourth-order valence-corrected chi connectivity index (χ4v) is 12.3. The van der Waals surface area contributed by atoms with Crippen LogP contribution in [0.25, 0.3) is 80.8 Å². The molecule has 3 nitrogen and oxygen atoms in total. The van der Waals surface area contributed by atoms with Crippen LogP contribution in [0.1, 0.15) is 39.9 Å². The molecule has 13 rings (SSSR count). The van der Waals surface area contributed by atoms with Gasteiger partial charge in [0.2, 0.25) is 16.9 Å². The standard InChI is InChI=1S/C48H33N3S/c1-4-48-25-28-12-11-17-38(51(28)48)32-21-35-39(23-34(32)45(48)46-31-15-6-5-13-29(31)37-16-9-10-19-49(37)46)50-40-24-42-33(30-14-7-8-18-41(30)52-42)22-36(40)44-27(3)20-26(2)43(35)47(44)50/h4-24,45-46H,1,25H2,2-3H3/q+2. The lowest BCUT2D eigenvalue weighted by molar-refractivity contribution is -0.808. The van der Waals surface area contributed by atoms with Gasteiger partial charge in [-0.25, -0.2) is 0 Å². The third-order valence-electron chi connectivity index (χ3n) is 13.1. The number of aromatic nitrogens is 3. The highest BCUT2D eigenvalue weighted by molar-refractivity contribution is 7.25.